The number of hydrogen-bond donors (Lipinski definition) is 0. The molecule has 1 aromatic carbocycles. The summed E-state index contributed by atoms with van der Waals surface area (Å²) in [7, 11) is 0. The Hall–Kier alpha value is -0.847. The van der Waals surface area contributed by atoms with Gasteiger partial charge in [0.15, 0.2) is 0 Å². The summed E-state index contributed by atoms with van der Waals surface area (Å²) in [6.45, 7) is 12.5. The van der Waals surface area contributed by atoms with Crippen molar-refractivity contribution in [2.24, 2.45) is 0 Å². The van der Waals surface area contributed by atoms with Crippen molar-refractivity contribution in [3.63, 3.8) is 0 Å². The fourth-order valence-corrected chi connectivity index (χ4v) is 2.40. The average Bonchev–Trinajstić information content (AvgIpc) is 3.24. The Morgan fingerprint density at radius 3 is 1.33 bits per heavy atom. The zero-order chi connectivity index (χ0) is 18.9. The van der Waals surface area contributed by atoms with Crippen LogP contribution in [0.1, 0.15) is 65.5 Å². The van der Waals surface area contributed by atoms with Crippen LogP contribution in [0.15, 0.2) is 54.7 Å². The first-order valence-corrected chi connectivity index (χ1v) is 8.88. The van der Waals surface area contributed by atoms with Crippen molar-refractivity contribution in [1.82, 2.24) is 0 Å². The van der Waals surface area contributed by atoms with Gasteiger partial charge < -0.3 is 17.5 Å². The molecule has 0 aromatic heterocycles. The number of hydrogen-bond acceptors (Lipinski definition) is 1. The Morgan fingerprint density at radius 1 is 0.778 bits per heavy atom. The second-order valence-electron chi connectivity index (χ2n) is 8.19. The second-order valence-corrected chi connectivity index (χ2v) is 8.19. The van der Waals surface area contributed by atoms with Crippen LogP contribution in [0, 0.1) is 12.2 Å². The molecule has 0 heterocycles. The SMILES string of the molecule is CC(C)(C)c1cccc(C(C)(C)C)c1[O-].[C-]1=CC=CC1.[C-]1=CC=CC1.[Cl-].[Zr+4]. The minimum atomic E-state index is -0.0711. The largest absolute Gasteiger partial charge is 4.00 e. The molecule has 0 N–H and O–H groups in total. The van der Waals surface area contributed by atoms with Crippen molar-refractivity contribution < 1.29 is 43.7 Å². The molecule has 0 spiro atoms. The van der Waals surface area contributed by atoms with Crippen LogP contribution in [0.25, 0.3) is 0 Å². The molecule has 0 radical (unpaired) electrons. The molecule has 0 amide bonds. The predicted molar refractivity (Wildman–Crippen MR) is 106 cm³/mol. The molecule has 0 atom stereocenters. The third-order valence-corrected chi connectivity index (χ3v) is 3.80. The fourth-order valence-electron chi connectivity index (χ4n) is 2.40. The molecule has 2 aliphatic carbocycles. The molecule has 2 aliphatic rings. The van der Waals surface area contributed by atoms with E-state index in [1.165, 1.54) is 0 Å². The third-order valence-electron chi connectivity index (χ3n) is 3.80. The van der Waals surface area contributed by atoms with E-state index in [2.05, 4.69) is 65.8 Å². The number of para-hydroxylation sites is 1. The van der Waals surface area contributed by atoms with Gasteiger partial charge in [-0.15, -0.1) is 18.6 Å². The molecular formula is C24H31ClOZr. The first-order valence-electron chi connectivity index (χ1n) is 8.88. The normalized spacial score (nSPS) is 13.7. The number of rotatable bonds is 0. The van der Waals surface area contributed by atoms with Gasteiger partial charge in [-0.25, -0.2) is 24.3 Å². The van der Waals surface area contributed by atoms with Crippen molar-refractivity contribution >= 4 is 0 Å². The number of halogens is 1. The van der Waals surface area contributed by atoms with Crippen molar-refractivity contribution in [1.29, 1.82) is 0 Å². The van der Waals surface area contributed by atoms with E-state index < -0.39 is 0 Å². The molecular weight excluding hydrogens is 431 g/mol. The van der Waals surface area contributed by atoms with E-state index in [0.717, 1.165) is 24.0 Å². The molecule has 1 aromatic rings. The van der Waals surface area contributed by atoms with Crippen LogP contribution < -0.4 is 17.5 Å². The first-order chi connectivity index (χ1) is 11.6. The molecule has 0 unspecified atom stereocenters. The Balaban J connectivity index is 0. The maximum absolute atomic E-state index is 12.3. The van der Waals surface area contributed by atoms with Gasteiger partial charge in [-0.2, -0.15) is 12.2 Å². The Bertz CT molecular complexity index is 582. The van der Waals surface area contributed by atoms with Gasteiger partial charge in [0.05, 0.1) is 0 Å². The van der Waals surface area contributed by atoms with E-state index in [4.69, 9.17) is 0 Å². The molecule has 3 heteroatoms. The van der Waals surface area contributed by atoms with Crippen molar-refractivity contribution in [3.05, 3.63) is 77.9 Å². The molecule has 27 heavy (non-hydrogen) atoms. The monoisotopic (exact) mass is 460 g/mol. The Morgan fingerprint density at radius 2 is 1.15 bits per heavy atom. The summed E-state index contributed by atoms with van der Waals surface area (Å²) in [5.74, 6) is 0.206. The van der Waals surface area contributed by atoms with Gasteiger partial charge in [0.1, 0.15) is 0 Å². The first kappa shape index (κ1) is 28.4. The topological polar surface area (TPSA) is 23.1 Å². The van der Waals surface area contributed by atoms with Crippen LogP contribution in [0.5, 0.6) is 5.75 Å². The van der Waals surface area contributed by atoms with E-state index in [1.807, 2.05) is 42.5 Å². The molecule has 0 saturated carbocycles. The van der Waals surface area contributed by atoms with E-state index in [0.29, 0.717) is 0 Å². The summed E-state index contributed by atoms with van der Waals surface area (Å²) < 4.78 is 0. The molecule has 144 valence electrons. The second kappa shape index (κ2) is 13.4. The van der Waals surface area contributed by atoms with Crippen molar-refractivity contribution in [2.75, 3.05) is 0 Å². The summed E-state index contributed by atoms with van der Waals surface area (Å²) in [6, 6.07) is 5.87. The van der Waals surface area contributed by atoms with E-state index in [1.54, 1.807) is 0 Å². The average molecular weight is 462 g/mol. The minimum Gasteiger partial charge on any atom is -1.00 e. The Kier molecular flexibility index (Phi) is 14.0. The van der Waals surface area contributed by atoms with Gasteiger partial charge in [-0.3, -0.25) is 12.2 Å². The van der Waals surface area contributed by atoms with Crippen molar-refractivity contribution in [2.45, 2.75) is 65.2 Å². The Labute approximate surface area is 191 Å². The molecule has 0 aliphatic heterocycles. The maximum Gasteiger partial charge on any atom is 4.00 e. The molecule has 0 bridgehead atoms. The van der Waals surface area contributed by atoms with Crippen LogP contribution in [0.3, 0.4) is 0 Å². The number of benzene rings is 1. The minimum absolute atomic E-state index is 0. The van der Waals surface area contributed by atoms with Gasteiger partial charge >= 0.3 is 26.2 Å². The third kappa shape index (κ3) is 10.9. The summed E-state index contributed by atoms with van der Waals surface area (Å²) in [6.07, 6.45) is 20.0. The summed E-state index contributed by atoms with van der Waals surface area (Å²) in [5, 5.41) is 12.3. The van der Waals surface area contributed by atoms with Crippen LogP contribution in [0.4, 0.5) is 0 Å². The smallest absolute Gasteiger partial charge is 1.00 e. The van der Waals surface area contributed by atoms with Gasteiger partial charge in [-0.1, -0.05) is 70.9 Å². The van der Waals surface area contributed by atoms with E-state index in [-0.39, 0.29) is 55.2 Å². The molecule has 0 saturated heterocycles. The van der Waals surface area contributed by atoms with Crippen LogP contribution in [0.2, 0.25) is 0 Å². The molecule has 0 fully saturated rings. The standard InChI is InChI=1S/C14H22O.2C5H5.ClH.Zr/c1-13(2,3)10-8-7-9-11(12(10)15)14(4,5)6;2*1-2-4-5-3-1;;/h7-9,15H,1-6H3;2*1-3H,4H2;1H;/q;2*-1;;+4/p-2. The quantitative estimate of drug-likeness (QED) is 0.544. The van der Waals surface area contributed by atoms with Crippen LogP contribution in [-0.2, 0) is 37.0 Å². The van der Waals surface area contributed by atoms with Crippen LogP contribution in [-0.4, -0.2) is 0 Å². The molecule has 1 nitrogen and oxygen atoms in total. The summed E-state index contributed by atoms with van der Waals surface area (Å²) >= 11 is 0. The maximum atomic E-state index is 12.3. The van der Waals surface area contributed by atoms with Gasteiger partial charge in [-0.05, 0) is 10.8 Å². The van der Waals surface area contributed by atoms with Gasteiger partial charge in [0, 0.05) is 0 Å². The van der Waals surface area contributed by atoms with Gasteiger partial charge in [0.2, 0.25) is 0 Å². The summed E-state index contributed by atoms with van der Waals surface area (Å²) in [5.41, 5.74) is 1.68. The van der Waals surface area contributed by atoms with Gasteiger partial charge in [0.25, 0.3) is 0 Å². The van der Waals surface area contributed by atoms with Crippen molar-refractivity contribution in [3.8, 4) is 5.75 Å². The van der Waals surface area contributed by atoms with Crippen LogP contribution >= 0.6 is 0 Å². The van der Waals surface area contributed by atoms with E-state index in [9.17, 15) is 5.11 Å². The summed E-state index contributed by atoms with van der Waals surface area (Å²) in [4.78, 5) is 0. The zero-order valence-electron chi connectivity index (χ0n) is 17.4. The number of allylic oxidation sites excluding steroid dienone is 8. The van der Waals surface area contributed by atoms with E-state index >= 15 is 0 Å². The molecule has 3 rings (SSSR count). The fraction of sp³-hybridized carbons (Fsp3) is 0.417. The predicted octanol–water partition coefficient (Wildman–Crippen LogP) is 2.97. The zero-order valence-corrected chi connectivity index (χ0v) is 20.6.